The van der Waals surface area contributed by atoms with E-state index in [9.17, 15) is 9.18 Å². The van der Waals surface area contributed by atoms with Crippen molar-refractivity contribution in [3.05, 3.63) is 52.7 Å². The number of hydrogen-bond acceptors (Lipinski definition) is 3. The number of fused-ring (bicyclic) bond motifs is 1. The highest BCUT2D eigenvalue weighted by molar-refractivity contribution is 5.80. The summed E-state index contributed by atoms with van der Waals surface area (Å²) >= 11 is 0. The molecule has 5 nitrogen and oxygen atoms in total. The number of imidazole rings is 1. The molecule has 3 aromatic rings. The Morgan fingerprint density at radius 3 is 2.47 bits per heavy atom. The molecule has 1 aromatic heterocycles. The molecule has 0 aliphatic rings. The summed E-state index contributed by atoms with van der Waals surface area (Å²) in [6.45, 7) is 0. The molecule has 0 radical (unpaired) electrons. The Bertz CT molecular complexity index is 806. The van der Waals surface area contributed by atoms with E-state index in [-0.39, 0.29) is 11.4 Å². The number of nitrogens with two attached hydrogens (primary N) is 1. The molecule has 0 fully saturated rings. The van der Waals surface area contributed by atoms with E-state index in [0.29, 0.717) is 11.2 Å². The lowest BCUT2D eigenvalue weighted by atomic mass is 10.2. The van der Waals surface area contributed by atoms with Crippen molar-refractivity contribution in [3.8, 4) is 0 Å². The van der Waals surface area contributed by atoms with Crippen LogP contribution in [0.25, 0.3) is 11.0 Å². The van der Waals surface area contributed by atoms with Crippen LogP contribution < -0.4 is 16.7 Å². The van der Waals surface area contributed by atoms with Crippen molar-refractivity contribution in [2.24, 2.45) is 0 Å². The van der Waals surface area contributed by atoms with Crippen LogP contribution in [-0.2, 0) is 0 Å². The number of hydrogen-bond donors (Lipinski definition) is 4. The number of aromatic amines is 2. The van der Waals surface area contributed by atoms with Crippen LogP contribution in [0.3, 0.4) is 0 Å². The maximum absolute atomic E-state index is 13.3. The minimum absolute atomic E-state index is 0.107. The highest BCUT2D eigenvalue weighted by atomic mass is 19.1. The molecule has 5 N–H and O–H groups in total. The Balaban J connectivity index is 1.95. The number of anilines is 3. The summed E-state index contributed by atoms with van der Waals surface area (Å²) in [6.07, 6.45) is 0. The lowest BCUT2D eigenvalue weighted by Crippen LogP contribution is -1.99. The molecule has 3 rings (SSSR count). The third-order valence-electron chi connectivity index (χ3n) is 2.81. The van der Waals surface area contributed by atoms with Crippen molar-refractivity contribution in [1.29, 1.82) is 0 Å². The number of nitrogen functional groups attached to an aromatic ring is 1. The predicted octanol–water partition coefficient (Wildman–Crippen LogP) is 2.32. The van der Waals surface area contributed by atoms with Crippen LogP contribution in [0.2, 0.25) is 0 Å². The van der Waals surface area contributed by atoms with E-state index in [2.05, 4.69) is 15.3 Å². The summed E-state index contributed by atoms with van der Waals surface area (Å²) in [4.78, 5) is 16.5. The monoisotopic (exact) mass is 258 g/mol. The van der Waals surface area contributed by atoms with E-state index in [0.717, 1.165) is 11.2 Å². The van der Waals surface area contributed by atoms with Crippen molar-refractivity contribution in [2.75, 3.05) is 11.1 Å². The molecule has 96 valence electrons. The van der Waals surface area contributed by atoms with Crippen molar-refractivity contribution in [3.63, 3.8) is 0 Å². The fraction of sp³-hybridized carbons (Fsp3) is 0. The second kappa shape index (κ2) is 4.16. The lowest BCUT2D eigenvalue weighted by Gasteiger charge is -2.07. The number of nitrogens with one attached hydrogen (secondary N) is 3. The van der Waals surface area contributed by atoms with E-state index in [4.69, 9.17) is 5.73 Å². The van der Waals surface area contributed by atoms with Gasteiger partial charge in [0.05, 0.1) is 16.7 Å². The van der Waals surface area contributed by atoms with Gasteiger partial charge in [0.1, 0.15) is 5.82 Å². The average Bonchev–Trinajstić information content (AvgIpc) is 2.73. The topological polar surface area (TPSA) is 86.7 Å². The minimum Gasteiger partial charge on any atom is -0.396 e. The van der Waals surface area contributed by atoms with Gasteiger partial charge in [0, 0.05) is 11.4 Å². The Kier molecular flexibility index (Phi) is 2.49. The largest absolute Gasteiger partial charge is 0.396 e. The van der Waals surface area contributed by atoms with Gasteiger partial charge in [0.25, 0.3) is 0 Å². The molecular formula is C13H11FN4O. The zero-order valence-corrected chi connectivity index (χ0v) is 9.83. The van der Waals surface area contributed by atoms with Crippen LogP contribution in [0.1, 0.15) is 0 Å². The molecule has 0 saturated carbocycles. The lowest BCUT2D eigenvalue weighted by molar-refractivity contribution is 0.633. The summed E-state index contributed by atoms with van der Waals surface area (Å²) in [5.41, 5.74) is 8.00. The molecule has 0 aliphatic heterocycles. The summed E-state index contributed by atoms with van der Waals surface area (Å²) < 4.78 is 13.3. The predicted molar refractivity (Wildman–Crippen MR) is 73.0 cm³/mol. The zero-order valence-electron chi connectivity index (χ0n) is 9.83. The molecule has 0 unspecified atom stereocenters. The maximum atomic E-state index is 13.3. The first-order chi connectivity index (χ1) is 9.11. The van der Waals surface area contributed by atoms with E-state index >= 15 is 0 Å². The average molecular weight is 258 g/mol. The van der Waals surface area contributed by atoms with Gasteiger partial charge in [-0.25, -0.2) is 9.18 Å². The van der Waals surface area contributed by atoms with E-state index in [1.54, 1.807) is 24.3 Å². The van der Waals surface area contributed by atoms with Gasteiger partial charge in [-0.3, -0.25) is 0 Å². The molecule has 0 amide bonds. The first-order valence-electron chi connectivity index (χ1n) is 5.66. The van der Waals surface area contributed by atoms with Crippen molar-refractivity contribution in [1.82, 2.24) is 9.97 Å². The first-order valence-corrected chi connectivity index (χ1v) is 5.66. The maximum Gasteiger partial charge on any atom is 0.323 e. The van der Waals surface area contributed by atoms with Gasteiger partial charge in [-0.2, -0.15) is 0 Å². The molecule has 6 heteroatoms. The standard InChI is InChI=1S/C13H11FN4O/c14-9-5-7(1-3-10(9)15)16-8-2-4-11-12(6-8)18-13(19)17-11/h1-6,16H,15H2,(H2,17,18,19). The van der Waals surface area contributed by atoms with E-state index in [1.807, 2.05) is 0 Å². The van der Waals surface area contributed by atoms with Crippen molar-refractivity contribution in [2.45, 2.75) is 0 Å². The number of aromatic nitrogens is 2. The number of H-pyrrole nitrogens is 2. The third-order valence-corrected chi connectivity index (χ3v) is 2.81. The van der Waals surface area contributed by atoms with Crippen LogP contribution in [0, 0.1) is 5.82 Å². The number of benzene rings is 2. The van der Waals surface area contributed by atoms with Gasteiger partial charge in [-0.05, 0) is 36.4 Å². The van der Waals surface area contributed by atoms with Gasteiger partial charge in [-0.15, -0.1) is 0 Å². The van der Waals surface area contributed by atoms with Gasteiger partial charge in [0.2, 0.25) is 0 Å². The first kappa shape index (κ1) is 11.3. The SMILES string of the molecule is Nc1ccc(Nc2ccc3[nH]c(=O)[nH]c3c2)cc1F. The fourth-order valence-electron chi connectivity index (χ4n) is 1.88. The van der Waals surface area contributed by atoms with Gasteiger partial charge in [0.15, 0.2) is 0 Å². The summed E-state index contributed by atoms with van der Waals surface area (Å²) in [5.74, 6) is -0.471. The summed E-state index contributed by atoms with van der Waals surface area (Å²) in [6, 6.07) is 9.82. The molecule has 2 aromatic carbocycles. The third kappa shape index (κ3) is 2.15. The molecule has 0 bridgehead atoms. The second-order valence-electron chi connectivity index (χ2n) is 4.20. The molecule has 1 heterocycles. The zero-order chi connectivity index (χ0) is 13.4. The van der Waals surface area contributed by atoms with Gasteiger partial charge in [-0.1, -0.05) is 0 Å². The Labute approximate surface area is 107 Å². The minimum atomic E-state index is -0.471. The molecule has 0 aliphatic carbocycles. The Morgan fingerprint density at radius 2 is 1.68 bits per heavy atom. The van der Waals surface area contributed by atoms with Crippen LogP contribution in [-0.4, -0.2) is 9.97 Å². The summed E-state index contributed by atoms with van der Waals surface area (Å²) in [7, 11) is 0. The van der Waals surface area contributed by atoms with Crippen LogP contribution in [0.4, 0.5) is 21.5 Å². The molecular weight excluding hydrogens is 247 g/mol. The van der Waals surface area contributed by atoms with Crippen LogP contribution >= 0.6 is 0 Å². The van der Waals surface area contributed by atoms with Crippen LogP contribution in [0.15, 0.2) is 41.2 Å². The Morgan fingerprint density at radius 1 is 1.00 bits per heavy atom. The fourth-order valence-corrected chi connectivity index (χ4v) is 1.88. The molecule has 0 atom stereocenters. The molecule has 0 spiro atoms. The highest BCUT2D eigenvalue weighted by Gasteiger charge is 2.02. The quantitative estimate of drug-likeness (QED) is 0.532. The molecule has 0 saturated heterocycles. The van der Waals surface area contributed by atoms with E-state index in [1.165, 1.54) is 12.1 Å². The van der Waals surface area contributed by atoms with Crippen LogP contribution in [0.5, 0.6) is 0 Å². The van der Waals surface area contributed by atoms with Crippen molar-refractivity contribution < 1.29 is 4.39 Å². The molecule has 19 heavy (non-hydrogen) atoms. The Hall–Kier alpha value is -2.76. The summed E-state index contributed by atoms with van der Waals surface area (Å²) in [5, 5.41) is 3.04. The van der Waals surface area contributed by atoms with Crippen molar-refractivity contribution >= 4 is 28.1 Å². The normalized spacial score (nSPS) is 10.8. The smallest absolute Gasteiger partial charge is 0.323 e. The van der Waals surface area contributed by atoms with Gasteiger partial charge < -0.3 is 21.0 Å². The second-order valence-corrected chi connectivity index (χ2v) is 4.20. The highest BCUT2D eigenvalue weighted by Crippen LogP contribution is 2.22. The number of rotatable bonds is 2. The van der Waals surface area contributed by atoms with Gasteiger partial charge >= 0.3 is 5.69 Å². The number of halogens is 1. The van der Waals surface area contributed by atoms with E-state index < -0.39 is 5.82 Å².